The van der Waals surface area contributed by atoms with E-state index in [0.717, 1.165) is 64.2 Å². The van der Waals surface area contributed by atoms with Gasteiger partial charge in [-0.2, -0.15) is 0 Å². The van der Waals surface area contributed by atoms with E-state index in [1.165, 1.54) is 417 Å². The molecule has 0 aromatic heterocycles. The Morgan fingerprint density at radius 3 is 0.255 bits per heavy atom. The van der Waals surface area contributed by atoms with Crippen molar-refractivity contribution in [3.05, 3.63) is 0 Å². The van der Waals surface area contributed by atoms with Crippen molar-refractivity contribution >= 4 is 29.8 Å². The summed E-state index contributed by atoms with van der Waals surface area (Å²) in [6, 6.07) is 0. The van der Waals surface area contributed by atoms with Crippen LogP contribution in [0.2, 0.25) is 0 Å². The van der Waals surface area contributed by atoms with Crippen molar-refractivity contribution in [2.75, 3.05) is 0 Å². The van der Waals surface area contributed by atoms with Crippen LogP contribution in [0.15, 0.2) is 0 Å². The normalized spacial score (nSPS) is 10.6. The molecule has 0 aromatic carbocycles. The minimum atomic E-state index is -0.903. The molecule has 1 radical (unpaired) electrons. The third-order valence-corrected chi connectivity index (χ3v) is 19.9. The van der Waals surface area contributed by atoms with Crippen LogP contribution in [-0.4, -0.2) is 29.8 Å². The van der Waals surface area contributed by atoms with Crippen molar-refractivity contribution < 1.29 is 86.1 Å². The first-order valence-electron chi connectivity index (χ1n) is 44.8. The third-order valence-electron chi connectivity index (χ3n) is 19.9. The number of carboxylic acid groups (broad SMARTS) is 5. The van der Waals surface area contributed by atoms with Gasteiger partial charge in [-0.05, 0) is 64.2 Å². The largest absolute Gasteiger partial charge is 3.00 e. The summed E-state index contributed by atoms with van der Waals surface area (Å²) in [7, 11) is 0. The molecule has 0 saturated carbocycles. The van der Waals surface area contributed by atoms with Gasteiger partial charge < -0.3 is 49.5 Å². The number of hydrogen-bond acceptors (Lipinski definition) is 10. The summed E-state index contributed by atoms with van der Waals surface area (Å²) in [6.45, 7) is 11.3. The first kappa shape index (κ1) is 114. The van der Waals surface area contributed by atoms with Gasteiger partial charge in [-0.15, -0.1) is 0 Å². The van der Waals surface area contributed by atoms with Crippen molar-refractivity contribution in [1.29, 1.82) is 0 Å². The Bertz CT molecular complexity index is 1280. The molecule has 0 saturated heterocycles. The molecule has 0 bridgehead atoms. The van der Waals surface area contributed by atoms with Crippen LogP contribution in [0.5, 0.6) is 0 Å². The van der Waals surface area contributed by atoms with Gasteiger partial charge >= 0.3 is 36.5 Å². The molecule has 0 spiro atoms. The molecule has 102 heavy (non-hydrogen) atoms. The molecular weight excluding hydrogens is 1360 g/mol. The van der Waals surface area contributed by atoms with Crippen LogP contribution in [0.1, 0.15) is 548 Å². The molecule has 0 heterocycles. The second kappa shape index (κ2) is 110. The first-order valence-corrected chi connectivity index (χ1v) is 44.8. The fraction of sp³-hybridized carbons (Fsp3) is 0.944. The maximum absolute atomic E-state index is 10.2. The molecule has 0 amide bonds. The number of rotatable bonds is 80. The molecule has 10 nitrogen and oxygen atoms in total. The second-order valence-corrected chi connectivity index (χ2v) is 30.4. The van der Waals surface area contributed by atoms with Crippen LogP contribution >= 0.6 is 0 Å². The van der Waals surface area contributed by atoms with Gasteiger partial charge in [0.25, 0.3) is 0 Å². The standard InChI is InChI=1S/5C18H36O2.Fe.Zn/c5*1-2-3-4-5-6-7-8-9-10-11-12-13-14-15-16-17-18(19)20;;/h5*2-17H2,1H3,(H,19,20);;/q;;;;;+3;+2/p-5. The molecule has 12 heteroatoms. The number of carbonyl (C=O) groups is 5. The molecular formula is C90H175FeO10Zn. The van der Waals surface area contributed by atoms with Gasteiger partial charge in [0, 0.05) is 29.8 Å². The van der Waals surface area contributed by atoms with Crippen molar-refractivity contribution in [2.24, 2.45) is 0 Å². The van der Waals surface area contributed by atoms with Gasteiger partial charge in [0.05, 0.1) is 0 Å². The Morgan fingerprint density at radius 1 is 0.137 bits per heavy atom. The zero-order valence-electron chi connectivity index (χ0n) is 69.2. The molecule has 0 aromatic rings. The van der Waals surface area contributed by atoms with Gasteiger partial charge in [0.15, 0.2) is 0 Å². The van der Waals surface area contributed by atoms with E-state index in [2.05, 4.69) is 34.6 Å². The monoisotopic (exact) mass is 1540 g/mol. The minimum absolute atomic E-state index is 0. The van der Waals surface area contributed by atoms with Gasteiger partial charge in [-0.1, -0.05) is 484 Å². The summed E-state index contributed by atoms with van der Waals surface area (Å²) in [6.07, 6.45) is 99.3. The maximum Gasteiger partial charge on any atom is 3.00 e. The minimum Gasteiger partial charge on any atom is -0.550 e. The second-order valence-electron chi connectivity index (χ2n) is 30.4. The summed E-state index contributed by atoms with van der Waals surface area (Å²) in [4.78, 5) is 51.1. The number of carboxylic acids is 5. The van der Waals surface area contributed by atoms with E-state index in [1.807, 2.05) is 0 Å². The quantitative estimate of drug-likeness (QED) is 0.0417. The molecule has 0 aliphatic heterocycles. The molecule has 0 aliphatic carbocycles. The Labute approximate surface area is 660 Å². The van der Waals surface area contributed by atoms with Crippen molar-refractivity contribution in [3.63, 3.8) is 0 Å². The van der Waals surface area contributed by atoms with Crippen molar-refractivity contribution in [3.8, 4) is 0 Å². The number of carbonyl (C=O) groups excluding carboxylic acids is 5. The van der Waals surface area contributed by atoms with Gasteiger partial charge in [0.2, 0.25) is 0 Å². The number of aliphatic carboxylic acids is 5. The van der Waals surface area contributed by atoms with Crippen molar-refractivity contribution in [1.82, 2.24) is 0 Å². The van der Waals surface area contributed by atoms with E-state index in [4.69, 9.17) is 0 Å². The smallest absolute Gasteiger partial charge is 0.550 e. The Morgan fingerprint density at radius 2 is 0.196 bits per heavy atom. The zero-order valence-corrected chi connectivity index (χ0v) is 73.3. The van der Waals surface area contributed by atoms with E-state index < -0.39 is 29.8 Å². The van der Waals surface area contributed by atoms with Crippen LogP contribution in [0, 0.1) is 0 Å². The SMILES string of the molecule is CCCCCCCCCCCCCCCCCC(=O)[O-].CCCCCCCCCCCCCCCCCC(=O)[O-].CCCCCCCCCCCCCCCCCC(=O)[O-].CCCCCCCCCCCCCCCCCC(=O)[O-].CCCCCCCCCCCCCCCCCC(=O)[O-].[Fe+3].[Zn+2]. The predicted octanol–water partition coefficient (Wildman–Crippen LogP) is 25.0. The topological polar surface area (TPSA) is 201 Å². The van der Waals surface area contributed by atoms with Crippen LogP contribution in [-0.2, 0) is 60.5 Å². The van der Waals surface area contributed by atoms with Crippen molar-refractivity contribution in [2.45, 2.75) is 548 Å². The van der Waals surface area contributed by atoms with Crippen LogP contribution in [0.3, 0.4) is 0 Å². The summed E-state index contributed by atoms with van der Waals surface area (Å²) in [5.74, 6) is -4.52. The van der Waals surface area contributed by atoms with E-state index in [0.29, 0.717) is 0 Å². The maximum atomic E-state index is 10.2. The average Bonchev–Trinajstić information content (AvgIpc) is 3.77. The van der Waals surface area contributed by atoms with Crippen LogP contribution < -0.4 is 25.5 Å². The summed E-state index contributed by atoms with van der Waals surface area (Å²) >= 11 is 0. The predicted molar refractivity (Wildman–Crippen MR) is 423 cm³/mol. The molecule has 0 atom stereocenters. The van der Waals surface area contributed by atoms with E-state index in [1.54, 1.807) is 0 Å². The molecule has 605 valence electrons. The molecule has 0 aliphatic rings. The van der Waals surface area contributed by atoms with Crippen LogP contribution in [0.25, 0.3) is 0 Å². The molecule has 0 rings (SSSR count). The molecule has 0 fully saturated rings. The van der Waals surface area contributed by atoms with Gasteiger partial charge in [-0.3, -0.25) is 0 Å². The first-order chi connectivity index (χ1) is 48.9. The molecule has 0 unspecified atom stereocenters. The van der Waals surface area contributed by atoms with Crippen LogP contribution in [0.4, 0.5) is 0 Å². The number of unbranched alkanes of at least 4 members (excludes halogenated alkanes) is 70. The Hall–Kier alpha value is -1.51. The Kier molecular flexibility index (Phi) is 123. The van der Waals surface area contributed by atoms with E-state index in [-0.39, 0.29) is 68.7 Å². The number of hydrogen-bond donors (Lipinski definition) is 0. The average molecular weight is 1540 g/mol. The fourth-order valence-electron chi connectivity index (χ4n) is 13.2. The van der Waals surface area contributed by atoms with Gasteiger partial charge in [0.1, 0.15) is 0 Å². The summed E-state index contributed by atoms with van der Waals surface area (Å²) in [5, 5.41) is 51.1. The van der Waals surface area contributed by atoms with E-state index in [9.17, 15) is 49.5 Å². The van der Waals surface area contributed by atoms with E-state index >= 15 is 0 Å². The molecule has 0 N–H and O–H groups in total. The third kappa shape index (κ3) is 134. The fourth-order valence-corrected chi connectivity index (χ4v) is 13.2. The van der Waals surface area contributed by atoms with Gasteiger partial charge in [-0.25, -0.2) is 0 Å². The zero-order chi connectivity index (χ0) is 74.5. The summed E-state index contributed by atoms with van der Waals surface area (Å²) in [5.41, 5.74) is 0. The Balaban J connectivity index is -0.000000220. The summed E-state index contributed by atoms with van der Waals surface area (Å²) < 4.78 is 0.